The van der Waals surface area contributed by atoms with Gasteiger partial charge in [-0.15, -0.1) is 0 Å². The number of ether oxygens (including phenoxy) is 6. The van der Waals surface area contributed by atoms with E-state index in [0.717, 1.165) is 17.2 Å². The topological polar surface area (TPSA) is 124 Å². The summed E-state index contributed by atoms with van der Waals surface area (Å²) in [5.74, 6) is -0.185. The molecule has 0 aliphatic carbocycles. The first-order valence-electron chi connectivity index (χ1n) is 15.2. The monoisotopic (exact) mass is 644 g/mol. The Labute approximate surface area is 274 Å². The number of hydrogen-bond donors (Lipinski definition) is 0. The van der Waals surface area contributed by atoms with Crippen molar-refractivity contribution in [3.63, 3.8) is 0 Å². The minimum Gasteiger partial charge on any atom is -0.494 e. The quantitative estimate of drug-likeness (QED) is 0.0477. The third-order valence-corrected chi connectivity index (χ3v) is 6.60. The van der Waals surface area contributed by atoms with Crippen molar-refractivity contribution in [1.29, 1.82) is 0 Å². The molecule has 0 atom stereocenters. The molecule has 0 radical (unpaired) electrons. The fourth-order valence-electron chi connectivity index (χ4n) is 4.02. The van der Waals surface area contributed by atoms with Crippen LogP contribution in [0.3, 0.4) is 0 Å². The Balaban J connectivity index is 1.36. The zero-order chi connectivity index (χ0) is 34.0. The van der Waals surface area contributed by atoms with E-state index in [1.807, 2.05) is 19.1 Å². The molecule has 0 aliphatic heterocycles. The molecule has 0 N–H and O–H groups in total. The number of hydrogen-bond acceptors (Lipinski definition) is 10. The van der Waals surface area contributed by atoms with Gasteiger partial charge in [0.05, 0.1) is 44.2 Å². The number of carbonyl (C=O) groups excluding carboxylic acids is 4. The molecular formula is C37H40O10. The first kappa shape index (κ1) is 36.1. The van der Waals surface area contributed by atoms with Crippen LogP contribution >= 0.6 is 0 Å². The molecule has 0 aliphatic rings. The standard InChI is InChI=1S/C37H40O10/c1-5-34(38)44-21-7-6-20-42-31-14-10-29(11-15-31)36(40)46-24-19-28-9-18-33(27(4)25-28)47-37(41)30-12-16-32(17-13-30)43-22-8-23-45-35(39)26(2)3/h5,9-18,25H,1-2,6-8,19-24H2,3-4H3. The molecule has 0 heterocycles. The van der Waals surface area contributed by atoms with Crippen molar-refractivity contribution in [3.05, 3.63) is 114 Å². The lowest BCUT2D eigenvalue weighted by Gasteiger charge is -2.11. The molecule has 0 fully saturated rings. The van der Waals surface area contributed by atoms with E-state index in [4.69, 9.17) is 28.4 Å². The van der Waals surface area contributed by atoms with Crippen LogP contribution in [-0.2, 0) is 30.2 Å². The van der Waals surface area contributed by atoms with Gasteiger partial charge >= 0.3 is 23.9 Å². The predicted molar refractivity (Wildman–Crippen MR) is 175 cm³/mol. The van der Waals surface area contributed by atoms with Gasteiger partial charge in [0.1, 0.15) is 17.2 Å². The summed E-state index contributed by atoms with van der Waals surface area (Å²) < 4.78 is 32.3. The minimum atomic E-state index is -0.504. The normalized spacial score (nSPS) is 10.3. The number of aryl methyl sites for hydroxylation is 1. The van der Waals surface area contributed by atoms with Crippen LogP contribution in [0.1, 0.15) is 58.0 Å². The predicted octanol–water partition coefficient (Wildman–Crippen LogP) is 6.39. The number of unbranched alkanes of at least 4 members (excludes halogenated alkanes) is 1. The van der Waals surface area contributed by atoms with E-state index in [-0.39, 0.29) is 13.2 Å². The molecule has 0 amide bonds. The second kappa shape index (κ2) is 19.2. The Morgan fingerprint density at radius 2 is 1.26 bits per heavy atom. The minimum absolute atomic E-state index is 0.181. The maximum Gasteiger partial charge on any atom is 0.343 e. The second-order valence-corrected chi connectivity index (χ2v) is 10.5. The van der Waals surface area contributed by atoms with Gasteiger partial charge in [-0.2, -0.15) is 0 Å². The van der Waals surface area contributed by atoms with Crippen LogP contribution in [0.5, 0.6) is 17.2 Å². The van der Waals surface area contributed by atoms with Crippen molar-refractivity contribution in [1.82, 2.24) is 0 Å². The van der Waals surface area contributed by atoms with Gasteiger partial charge in [0.25, 0.3) is 0 Å². The van der Waals surface area contributed by atoms with Gasteiger partial charge in [0, 0.05) is 24.5 Å². The lowest BCUT2D eigenvalue weighted by atomic mass is 10.1. The summed E-state index contributed by atoms with van der Waals surface area (Å²) >= 11 is 0. The molecule has 3 aromatic rings. The molecule has 0 spiro atoms. The molecule has 47 heavy (non-hydrogen) atoms. The number of carbonyl (C=O) groups is 4. The molecule has 0 saturated carbocycles. The van der Waals surface area contributed by atoms with Crippen molar-refractivity contribution < 1.29 is 47.6 Å². The number of esters is 4. The molecule has 0 bridgehead atoms. The average molecular weight is 645 g/mol. The SMILES string of the molecule is C=CC(=O)OCCCCOc1ccc(C(=O)OCCc2ccc(OC(=O)c3ccc(OCCCOC(=O)C(=C)C)cc3)c(C)c2)cc1. The highest BCUT2D eigenvalue weighted by Gasteiger charge is 2.12. The summed E-state index contributed by atoms with van der Waals surface area (Å²) in [5, 5.41) is 0. The summed E-state index contributed by atoms with van der Waals surface area (Å²) in [7, 11) is 0. The van der Waals surface area contributed by atoms with Crippen LogP contribution in [0.15, 0.2) is 91.5 Å². The van der Waals surface area contributed by atoms with E-state index in [1.54, 1.807) is 61.5 Å². The third-order valence-electron chi connectivity index (χ3n) is 6.60. The van der Waals surface area contributed by atoms with Gasteiger partial charge in [0.2, 0.25) is 0 Å². The Bertz CT molecular complexity index is 1520. The molecule has 0 aromatic heterocycles. The summed E-state index contributed by atoms with van der Waals surface area (Å²) in [6.45, 7) is 11.8. The van der Waals surface area contributed by atoms with Gasteiger partial charge in [0.15, 0.2) is 0 Å². The zero-order valence-corrected chi connectivity index (χ0v) is 26.8. The Hall–Kier alpha value is -5.38. The molecule has 3 aromatic carbocycles. The number of rotatable bonds is 19. The van der Waals surface area contributed by atoms with Crippen molar-refractivity contribution >= 4 is 23.9 Å². The van der Waals surface area contributed by atoms with Crippen LogP contribution in [0.4, 0.5) is 0 Å². The molecule has 0 saturated heterocycles. The zero-order valence-electron chi connectivity index (χ0n) is 26.8. The molecule has 3 rings (SSSR count). The summed E-state index contributed by atoms with van der Waals surface area (Å²) in [4.78, 5) is 47.6. The summed E-state index contributed by atoms with van der Waals surface area (Å²) in [6.07, 6.45) is 3.52. The molecule has 0 unspecified atom stereocenters. The molecule has 248 valence electrons. The lowest BCUT2D eigenvalue weighted by molar-refractivity contribution is -0.139. The van der Waals surface area contributed by atoms with E-state index in [9.17, 15) is 19.2 Å². The van der Waals surface area contributed by atoms with E-state index in [1.165, 1.54) is 0 Å². The summed E-state index contributed by atoms with van der Waals surface area (Å²) in [6, 6.07) is 18.7. The van der Waals surface area contributed by atoms with Crippen molar-refractivity contribution in [2.45, 2.75) is 39.5 Å². The van der Waals surface area contributed by atoms with Crippen molar-refractivity contribution in [2.24, 2.45) is 0 Å². The van der Waals surface area contributed by atoms with Gasteiger partial charge in [-0.3, -0.25) is 0 Å². The fourth-order valence-corrected chi connectivity index (χ4v) is 4.02. The summed E-state index contributed by atoms with van der Waals surface area (Å²) in [5.41, 5.74) is 2.82. The van der Waals surface area contributed by atoms with E-state index >= 15 is 0 Å². The highest BCUT2D eigenvalue weighted by atomic mass is 16.5. The van der Waals surface area contributed by atoms with Crippen LogP contribution in [0.25, 0.3) is 0 Å². The molecular weight excluding hydrogens is 604 g/mol. The smallest absolute Gasteiger partial charge is 0.343 e. The van der Waals surface area contributed by atoms with Crippen LogP contribution in [0.2, 0.25) is 0 Å². The maximum atomic E-state index is 12.7. The lowest BCUT2D eigenvalue weighted by Crippen LogP contribution is -2.11. The van der Waals surface area contributed by atoms with Gasteiger partial charge in [-0.05, 0) is 92.4 Å². The molecule has 10 heteroatoms. The van der Waals surface area contributed by atoms with Crippen LogP contribution < -0.4 is 14.2 Å². The first-order chi connectivity index (χ1) is 22.7. The highest BCUT2D eigenvalue weighted by molar-refractivity contribution is 5.91. The largest absolute Gasteiger partial charge is 0.494 e. The highest BCUT2D eigenvalue weighted by Crippen LogP contribution is 2.22. The van der Waals surface area contributed by atoms with E-state index in [0.29, 0.717) is 79.5 Å². The van der Waals surface area contributed by atoms with Crippen LogP contribution in [0, 0.1) is 6.92 Å². The van der Waals surface area contributed by atoms with Crippen LogP contribution in [-0.4, -0.2) is 56.9 Å². The van der Waals surface area contributed by atoms with E-state index < -0.39 is 23.9 Å². The third kappa shape index (κ3) is 12.9. The second-order valence-electron chi connectivity index (χ2n) is 10.5. The van der Waals surface area contributed by atoms with Crippen molar-refractivity contribution in [3.8, 4) is 17.2 Å². The average Bonchev–Trinajstić information content (AvgIpc) is 3.07. The van der Waals surface area contributed by atoms with Gasteiger partial charge in [-0.25, -0.2) is 19.2 Å². The Morgan fingerprint density at radius 1 is 0.681 bits per heavy atom. The fraction of sp³-hybridized carbons (Fsp3) is 0.297. The van der Waals surface area contributed by atoms with Gasteiger partial charge in [-0.1, -0.05) is 25.3 Å². The Morgan fingerprint density at radius 3 is 1.85 bits per heavy atom. The first-order valence-corrected chi connectivity index (χ1v) is 15.2. The van der Waals surface area contributed by atoms with Gasteiger partial charge < -0.3 is 28.4 Å². The Kier molecular flexibility index (Phi) is 14.7. The van der Waals surface area contributed by atoms with E-state index in [2.05, 4.69) is 13.2 Å². The number of benzene rings is 3. The maximum absolute atomic E-state index is 12.7. The van der Waals surface area contributed by atoms with Crippen molar-refractivity contribution in [2.75, 3.05) is 33.0 Å². The molecule has 10 nitrogen and oxygen atoms in total.